The molecule has 3 aromatic carbocycles. The molecule has 2 aliphatic heterocycles. The van der Waals surface area contributed by atoms with Crippen molar-refractivity contribution in [1.29, 1.82) is 0 Å². The van der Waals surface area contributed by atoms with Crippen molar-refractivity contribution in [1.82, 2.24) is 4.90 Å². The number of ether oxygens (including phenoxy) is 1. The number of likely N-dealkylation sites (tertiary alicyclic amines) is 1. The summed E-state index contributed by atoms with van der Waals surface area (Å²) in [6.45, 7) is -0.0158. The fourth-order valence-corrected chi connectivity index (χ4v) is 11.0. The van der Waals surface area contributed by atoms with Crippen LogP contribution >= 0.6 is 11.6 Å². The smallest absolute Gasteiger partial charge is 0.226 e. The van der Waals surface area contributed by atoms with Crippen LogP contribution in [-0.2, 0) is 42.2 Å². The zero-order valence-corrected chi connectivity index (χ0v) is 25.5. The zero-order valence-electron chi connectivity index (χ0n) is 23.1. The molecule has 2 heterocycles. The van der Waals surface area contributed by atoms with Crippen LogP contribution in [0.15, 0.2) is 65.6 Å². The summed E-state index contributed by atoms with van der Waals surface area (Å²) in [5.41, 5.74) is 1.34. The Kier molecular flexibility index (Phi) is 7.79. The quantitative estimate of drug-likeness (QED) is 0.363. The Hall–Kier alpha value is -3.02. The number of rotatable bonds is 6. The van der Waals surface area contributed by atoms with Crippen LogP contribution in [0.3, 0.4) is 0 Å². The number of hydrogen-bond acceptors (Lipinski definition) is 6. The highest BCUT2D eigenvalue weighted by Gasteiger charge is 2.61. The Morgan fingerprint density at radius 1 is 1.02 bits per heavy atom. The molecule has 2 fully saturated rings. The molecule has 6 rings (SSSR count). The van der Waals surface area contributed by atoms with E-state index in [0.29, 0.717) is 24.2 Å². The van der Waals surface area contributed by atoms with Gasteiger partial charge in [-0.2, -0.15) is 0 Å². The summed E-state index contributed by atoms with van der Waals surface area (Å²) >= 11 is 6.02. The van der Waals surface area contributed by atoms with Crippen LogP contribution in [0.5, 0.6) is 5.75 Å². The lowest BCUT2D eigenvalue weighted by molar-refractivity contribution is -0.137. The summed E-state index contributed by atoms with van der Waals surface area (Å²) in [5, 5.41) is -0.0995. The maximum absolute atomic E-state index is 14.5. The lowest BCUT2D eigenvalue weighted by Gasteiger charge is -2.43. The van der Waals surface area contributed by atoms with E-state index in [1.54, 1.807) is 53.4 Å². The van der Waals surface area contributed by atoms with Crippen LogP contribution in [0, 0.1) is 17.6 Å². The number of carbonyl (C=O) groups excluding carboxylic acids is 1. The van der Waals surface area contributed by atoms with E-state index in [1.165, 1.54) is 0 Å². The first-order valence-corrected chi connectivity index (χ1v) is 17.8. The van der Waals surface area contributed by atoms with E-state index < -0.39 is 48.0 Å². The van der Waals surface area contributed by atoms with Crippen molar-refractivity contribution in [2.24, 2.45) is 5.92 Å². The van der Waals surface area contributed by atoms with E-state index in [1.807, 2.05) is 0 Å². The molecule has 1 aliphatic carbocycles. The average molecular weight is 650 g/mol. The van der Waals surface area contributed by atoms with E-state index in [-0.39, 0.29) is 65.3 Å². The third kappa shape index (κ3) is 5.23. The van der Waals surface area contributed by atoms with Gasteiger partial charge in [0.25, 0.3) is 0 Å². The maximum Gasteiger partial charge on any atom is 0.226 e. The molecule has 0 bridgehead atoms. The van der Waals surface area contributed by atoms with Gasteiger partial charge in [0.05, 0.1) is 27.5 Å². The third-order valence-electron chi connectivity index (χ3n) is 9.07. The van der Waals surface area contributed by atoms with Crippen LogP contribution in [0.25, 0.3) is 0 Å². The van der Waals surface area contributed by atoms with E-state index in [0.717, 1.165) is 17.7 Å². The molecule has 0 unspecified atom stereocenters. The van der Waals surface area contributed by atoms with Crippen LogP contribution in [0.4, 0.5) is 8.78 Å². The van der Waals surface area contributed by atoms with Gasteiger partial charge in [-0.1, -0.05) is 35.9 Å². The van der Waals surface area contributed by atoms with Crippen LogP contribution in [-0.4, -0.2) is 51.7 Å². The van der Waals surface area contributed by atoms with Crippen molar-refractivity contribution in [2.45, 2.75) is 54.4 Å². The molecule has 3 aromatic rings. The van der Waals surface area contributed by atoms with Gasteiger partial charge in [0.15, 0.2) is 9.84 Å². The predicted octanol–water partition coefficient (Wildman–Crippen LogP) is 5.24. The molecule has 228 valence electrons. The Morgan fingerprint density at radius 3 is 2.44 bits per heavy atom. The monoisotopic (exact) mass is 649 g/mol. The molecule has 3 aliphatic rings. The van der Waals surface area contributed by atoms with Crippen molar-refractivity contribution in [3.05, 3.63) is 94.0 Å². The fourth-order valence-electron chi connectivity index (χ4n) is 6.90. The van der Waals surface area contributed by atoms with Crippen LogP contribution in [0.1, 0.15) is 42.4 Å². The second-order valence-corrected chi connectivity index (χ2v) is 16.3. The number of nitrogens with zero attached hydrogens (tertiary/aromatic N) is 1. The summed E-state index contributed by atoms with van der Waals surface area (Å²) < 4.78 is 85.3. The highest BCUT2D eigenvalue weighted by Crippen LogP contribution is 2.53. The number of benzene rings is 3. The molecule has 0 aromatic heterocycles. The average Bonchev–Trinajstić information content (AvgIpc) is 3.38. The van der Waals surface area contributed by atoms with Gasteiger partial charge in [-0.25, -0.2) is 25.6 Å². The Labute approximate surface area is 254 Å². The molecule has 0 radical (unpaired) electrons. The molecule has 2 saturated heterocycles. The third-order valence-corrected chi connectivity index (χ3v) is 13.7. The van der Waals surface area contributed by atoms with Crippen molar-refractivity contribution in [3.63, 3.8) is 0 Å². The number of carbonyl (C=O) groups is 1. The van der Waals surface area contributed by atoms with Gasteiger partial charge >= 0.3 is 0 Å². The first-order chi connectivity index (χ1) is 20.4. The zero-order chi connectivity index (χ0) is 30.6. The molecular weight excluding hydrogens is 620 g/mol. The molecule has 7 nitrogen and oxygen atoms in total. The van der Waals surface area contributed by atoms with E-state index in [9.17, 15) is 30.4 Å². The maximum atomic E-state index is 14.5. The first kappa shape index (κ1) is 30.0. The number of amides is 1. The van der Waals surface area contributed by atoms with Crippen molar-refractivity contribution in [3.8, 4) is 5.75 Å². The number of aryl methyl sites for hydroxylation is 1. The summed E-state index contributed by atoms with van der Waals surface area (Å²) in [6, 6.07) is 14.4. The summed E-state index contributed by atoms with van der Waals surface area (Å²) in [5.74, 6) is -2.00. The number of fused-ring (bicyclic) bond motifs is 3. The molecule has 1 amide bonds. The number of hydrogen-bond donors (Lipinski definition) is 0. The minimum atomic E-state index is -4.01. The second kappa shape index (κ2) is 11.2. The van der Waals surface area contributed by atoms with Gasteiger partial charge in [0.2, 0.25) is 5.91 Å². The Morgan fingerprint density at radius 2 is 1.74 bits per heavy atom. The van der Waals surface area contributed by atoms with Gasteiger partial charge < -0.3 is 9.64 Å². The van der Waals surface area contributed by atoms with Crippen molar-refractivity contribution >= 4 is 37.2 Å². The topological polar surface area (TPSA) is 97.8 Å². The molecule has 43 heavy (non-hydrogen) atoms. The van der Waals surface area contributed by atoms with E-state index >= 15 is 0 Å². The Bertz CT molecular complexity index is 1760. The van der Waals surface area contributed by atoms with E-state index in [4.69, 9.17) is 16.3 Å². The largest absolute Gasteiger partial charge is 0.489 e. The molecule has 2 atom stereocenters. The predicted molar refractivity (Wildman–Crippen MR) is 157 cm³/mol. The molecule has 12 heteroatoms. The van der Waals surface area contributed by atoms with Crippen LogP contribution < -0.4 is 4.74 Å². The summed E-state index contributed by atoms with van der Waals surface area (Å²) in [6.07, 6.45) is 1.52. The van der Waals surface area contributed by atoms with Gasteiger partial charge in [-0.3, -0.25) is 4.79 Å². The lowest BCUT2D eigenvalue weighted by atomic mass is 9.78. The van der Waals surface area contributed by atoms with Gasteiger partial charge in [-0.15, -0.1) is 0 Å². The van der Waals surface area contributed by atoms with Gasteiger partial charge in [0.1, 0.15) is 38.6 Å². The summed E-state index contributed by atoms with van der Waals surface area (Å²) in [4.78, 5) is 15.6. The SMILES string of the molecule is O=C(C1CCS(=O)(=O)CC1)N1CC[C@@]2(S(=O)(=O)c3ccccc3)c3ccc(OCc4c(F)cc(F)cc4Cl)cc3CC[C@@H]12. The van der Waals surface area contributed by atoms with Crippen molar-refractivity contribution < 1.29 is 35.1 Å². The first-order valence-electron chi connectivity index (χ1n) is 14.1. The number of halogens is 3. The molecule has 0 spiro atoms. The van der Waals surface area contributed by atoms with Crippen LogP contribution in [0.2, 0.25) is 5.02 Å². The van der Waals surface area contributed by atoms with Gasteiger partial charge in [-0.05, 0) is 73.6 Å². The minimum Gasteiger partial charge on any atom is -0.489 e. The van der Waals surface area contributed by atoms with Gasteiger partial charge in [0, 0.05) is 24.1 Å². The molecule has 0 saturated carbocycles. The number of sulfone groups is 2. The Balaban J connectivity index is 1.36. The molecular formula is C31H30ClF2NO6S2. The standard InChI is InChI=1S/C31H30ClF2NO6S2/c32-27-17-22(33)18-28(34)25(27)19-41-23-7-8-26-21(16-23)6-9-29-31(26,43(39,40)24-4-2-1-3-5-24)12-13-35(29)30(36)20-10-14-42(37,38)15-11-20/h1-5,7-8,16-18,20,29H,6,9-15,19H2/t29-,31-/m1/s1. The van der Waals surface area contributed by atoms with E-state index in [2.05, 4.69) is 0 Å². The highest BCUT2D eigenvalue weighted by molar-refractivity contribution is 7.92. The van der Waals surface area contributed by atoms with Crippen molar-refractivity contribution in [2.75, 3.05) is 18.1 Å². The molecule has 0 N–H and O–H groups in total. The fraction of sp³-hybridized carbons (Fsp3) is 0.387. The summed E-state index contributed by atoms with van der Waals surface area (Å²) in [7, 11) is -7.17. The minimum absolute atomic E-state index is 0.00411. The lowest BCUT2D eigenvalue weighted by Crippen LogP contribution is -2.53. The normalized spacial score (nSPS) is 23.4. The highest BCUT2D eigenvalue weighted by atomic mass is 35.5. The second-order valence-electron chi connectivity index (χ2n) is 11.4.